The van der Waals surface area contributed by atoms with Crippen LogP contribution < -0.4 is 0 Å². The Balaban J connectivity index is 2.86. The van der Waals surface area contributed by atoms with E-state index in [1.54, 1.807) is 0 Å². The molecule has 0 aromatic carbocycles. The lowest BCUT2D eigenvalue weighted by Gasteiger charge is -2.23. The van der Waals surface area contributed by atoms with Crippen LogP contribution in [0.2, 0.25) is 0 Å². The predicted octanol–water partition coefficient (Wildman–Crippen LogP) is -0.172. The summed E-state index contributed by atoms with van der Waals surface area (Å²) < 4.78 is 4.89. The van der Waals surface area contributed by atoms with Gasteiger partial charge in [-0.3, -0.25) is 0 Å². The molecule has 2 unspecified atom stereocenters. The van der Waals surface area contributed by atoms with Gasteiger partial charge in [0.1, 0.15) is 6.61 Å². The van der Waals surface area contributed by atoms with E-state index in [9.17, 15) is 19.2 Å². The second kappa shape index (κ2) is 7.13. The SMILES string of the molecule is O=C=NCCOC(=O)C1(N=C=O)CCCC1N=C=O. The van der Waals surface area contributed by atoms with Crippen molar-refractivity contribution in [1.82, 2.24) is 0 Å². The molecule has 0 spiro atoms. The molecule has 1 aliphatic carbocycles. The summed E-state index contributed by atoms with van der Waals surface area (Å²) in [6.07, 6.45) is 5.23. The minimum absolute atomic E-state index is 0.0300. The highest BCUT2D eigenvalue weighted by molar-refractivity contribution is 5.84. The van der Waals surface area contributed by atoms with E-state index in [0.717, 1.165) is 0 Å². The van der Waals surface area contributed by atoms with E-state index in [-0.39, 0.29) is 19.6 Å². The summed E-state index contributed by atoms with van der Waals surface area (Å²) in [6.45, 7) is -0.167. The number of hydrogen-bond acceptors (Lipinski definition) is 8. The van der Waals surface area contributed by atoms with E-state index < -0.39 is 17.6 Å². The Kier molecular flexibility index (Phi) is 5.51. The topological polar surface area (TPSA) is 115 Å². The Labute approximate surface area is 108 Å². The van der Waals surface area contributed by atoms with Gasteiger partial charge in [-0.2, -0.15) is 9.98 Å². The van der Waals surface area contributed by atoms with Crippen LogP contribution in [0, 0.1) is 0 Å². The largest absolute Gasteiger partial charge is 0.462 e. The highest BCUT2D eigenvalue weighted by atomic mass is 16.5. The first-order valence-corrected chi connectivity index (χ1v) is 5.58. The van der Waals surface area contributed by atoms with Crippen LogP contribution in [-0.4, -0.2) is 48.9 Å². The first kappa shape index (κ1) is 14.7. The van der Waals surface area contributed by atoms with Crippen molar-refractivity contribution in [1.29, 1.82) is 0 Å². The normalized spacial score (nSPS) is 24.5. The fraction of sp³-hybridized carbons (Fsp3) is 0.636. The van der Waals surface area contributed by atoms with Crippen molar-refractivity contribution in [3.05, 3.63) is 0 Å². The summed E-state index contributed by atoms with van der Waals surface area (Å²) in [5.74, 6) is -0.779. The van der Waals surface area contributed by atoms with E-state index in [1.165, 1.54) is 18.2 Å². The molecule has 1 aliphatic rings. The molecule has 0 amide bonds. The van der Waals surface area contributed by atoms with E-state index in [4.69, 9.17) is 4.74 Å². The molecule has 1 fully saturated rings. The van der Waals surface area contributed by atoms with Crippen molar-refractivity contribution < 1.29 is 23.9 Å². The lowest BCUT2D eigenvalue weighted by atomic mass is 9.94. The van der Waals surface area contributed by atoms with Gasteiger partial charge in [-0.05, 0) is 19.3 Å². The Morgan fingerprint density at radius 3 is 2.68 bits per heavy atom. The molecule has 8 nitrogen and oxygen atoms in total. The van der Waals surface area contributed by atoms with Crippen LogP contribution in [0.25, 0.3) is 0 Å². The zero-order chi connectivity index (χ0) is 14.1. The van der Waals surface area contributed by atoms with Gasteiger partial charge in [0.25, 0.3) is 0 Å². The van der Waals surface area contributed by atoms with Crippen molar-refractivity contribution >= 4 is 24.2 Å². The molecule has 19 heavy (non-hydrogen) atoms. The third-order valence-corrected chi connectivity index (χ3v) is 2.89. The van der Waals surface area contributed by atoms with Crippen molar-refractivity contribution in [2.24, 2.45) is 15.0 Å². The van der Waals surface area contributed by atoms with Crippen LogP contribution in [0.15, 0.2) is 15.0 Å². The van der Waals surface area contributed by atoms with Gasteiger partial charge >= 0.3 is 5.97 Å². The summed E-state index contributed by atoms with van der Waals surface area (Å²) in [4.78, 5) is 52.9. The van der Waals surface area contributed by atoms with Gasteiger partial charge < -0.3 is 4.74 Å². The predicted molar refractivity (Wildman–Crippen MR) is 60.6 cm³/mol. The van der Waals surface area contributed by atoms with Gasteiger partial charge in [0.2, 0.25) is 18.2 Å². The molecule has 0 aliphatic heterocycles. The molecule has 0 N–H and O–H groups in total. The molecule has 1 rings (SSSR count). The first-order chi connectivity index (χ1) is 9.21. The number of esters is 1. The average molecular weight is 265 g/mol. The van der Waals surface area contributed by atoms with E-state index in [2.05, 4.69) is 15.0 Å². The fourth-order valence-corrected chi connectivity index (χ4v) is 2.06. The molecule has 0 bridgehead atoms. The maximum Gasteiger partial charge on any atom is 0.337 e. The van der Waals surface area contributed by atoms with Crippen LogP contribution in [0.1, 0.15) is 19.3 Å². The van der Waals surface area contributed by atoms with Gasteiger partial charge in [-0.1, -0.05) is 0 Å². The molecule has 0 radical (unpaired) electrons. The lowest BCUT2D eigenvalue weighted by molar-refractivity contribution is -0.149. The number of isocyanates is 3. The van der Waals surface area contributed by atoms with Crippen LogP contribution in [0.3, 0.4) is 0 Å². The summed E-state index contributed by atoms with van der Waals surface area (Å²) in [7, 11) is 0. The Hall–Kier alpha value is -2.39. The number of carbonyl (C=O) groups excluding carboxylic acids is 4. The quantitative estimate of drug-likeness (QED) is 0.286. The monoisotopic (exact) mass is 265 g/mol. The second-order valence-corrected chi connectivity index (χ2v) is 3.86. The number of carbonyl (C=O) groups is 1. The second-order valence-electron chi connectivity index (χ2n) is 3.86. The number of aliphatic imine (C=N–C) groups is 3. The Bertz CT molecular complexity index is 487. The van der Waals surface area contributed by atoms with Gasteiger partial charge in [0.05, 0.1) is 12.6 Å². The van der Waals surface area contributed by atoms with Gasteiger partial charge in [-0.25, -0.2) is 24.2 Å². The van der Waals surface area contributed by atoms with Crippen LogP contribution in [0.4, 0.5) is 0 Å². The van der Waals surface area contributed by atoms with E-state index in [0.29, 0.717) is 12.8 Å². The minimum Gasteiger partial charge on any atom is -0.462 e. The molecule has 1 saturated carbocycles. The fourth-order valence-electron chi connectivity index (χ4n) is 2.06. The van der Waals surface area contributed by atoms with Crippen LogP contribution in [0.5, 0.6) is 0 Å². The number of hydrogen-bond donors (Lipinski definition) is 0. The molecule has 0 aromatic rings. The summed E-state index contributed by atoms with van der Waals surface area (Å²) in [6, 6.07) is -0.770. The summed E-state index contributed by atoms with van der Waals surface area (Å²) in [5, 5.41) is 0. The molecule has 8 heteroatoms. The highest BCUT2D eigenvalue weighted by Gasteiger charge is 2.51. The van der Waals surface area contributed by atoms with Crippen molar-refractivity contribution in [2.45, 2.75) is 30.8 Å². The molecule has 0 saturated heterocycles. The number of nitrogens with zero attached hydrogens (tertiary/aromatic N) is 3. The first-order valence-electron chi connectivity index (χ1n) is 5.58. The van der Waals surface area contributed by atoms with E-state index >= 15 is 0 Å². The maximum absolute atomic E-state index is 12.0. The Morgan fingerprint density at radius 1 is 1.26 bits per heavy atom. The molecule has 0 aromatic heterocycles. The molecular weight excluding hydrogens is 254 g/mol. The van der Waals surface area contributed by atoms with Crippen molar-refractivity contribution in [2.75, 3.05) is 13.2 Å². The Morgan fingerprint density at radius 2 is 2.05 bits per heavy atom. The molecular formula is C11H11N3O5. The smallest absolute Gasteiger partial charge is 0.337 e. The van der Waals surface area contributed by atoms with Crippen molar-refractivity contribution in [3.63, 3.8) is 0 Å². The third kappa shape index (κ3) is 3.30. The zero-order valence-corrected chi connectivity index (χ0v) is 10.00. The minimum atomic E-state index is -1.51. The van der Waals surface area contributed by atoms with Crippen LogP contribution in [-0.2, 0) is 23.9 Å². The lowest BCUT2D eigenvalue weighted by Crippen LogP contribution is -2.44. The van der Waals surface area contributed by atoms with Gasteiger partial charge in [0.15, 0.2) is 5.54 Å². The molecule has 0 heterocycles. The summed E-state index contributed by atoms with van der Waals surface area (Å²) >= 11 is 0. The summed E-state index contributed by atoms with van der Waals surface area (Å²) in [5.41, 5.74) is -1.51. The average Bonchev–Trinajstić information content (AvgIpc) is 2.80. The number of rotatable bonds is 6. The van der Waals surface area contributed by atoms with Crippen molar-refractivity contribution in [3.8, 4) is 0 Å². The highest BCUT2D eigenvalue weighted by Crippen LogP contribution is 2.36. The van der Waals surface area contributed by atoms with E-state index in [1.807, 2.05) is 0 Å². The van der Waals surface area contributed by atoms with Gasteiger partial charge in [0, 0.05) is 0 Å². The third-order valence-electron chi connectivity index (χ3n) is 2.89. The zero-order valence-electron chi connectivity index (χ0n) is 10.00. The molecule has 2 atom stereocenters. The molecule has 100 valence electrons. The number of ether oxygens (including phenoxy) is 1. The maximum atomic E-state index is 12.0. The standard InChI is InChI=1S/C11H11N3O5/c15-6-12-4-5-19-10(18)11(14-8-17)3-1-2-9(11)13-7-16/h9H,1-5H2. The van der Waals surface area contributed by atoms with Gasteiger partial charge in [-0.15, -0.1) is 0 Å². The van der Waals surface area contributed by atoms with Crippen LogP contribution >= 0.6 is 0 Å².